The van der Waals surface area contributed by atoms with Crippen molar-refractivity contribution in [1.82, 2.24) is 9.97 Å². The molecule has 1 aliphatic heterocycles. The molecule has 9 nitrogen and oxygen atoms in total. The van der Waals surface area contributed by atoms with Crippen molar-refractivity contribution in [2.45, 2.75) is 32.0 Å². The zero-order valence-electron chi connectivity index (χ0n) is 18.8. The molecule has 0 bridgehead atoms. The molecular formula is C24H26FN3O6. The van der Waals surface area contributed by atoms with Gasteiger partial charge in [0.05, 0.1) is 31.0 Å². The lowest BCUT2D eigenvalue weighted by Gasteiger charge is -2.22. The summed E-state index contributed by atoms with van der Waals surface area (Å²) in [4.78, 5) is 19.5. The summed E-state index contributed by atoms with van der Waals surface area (Å²) in [5, 5.41) is 0.513. The zero-order valence-corrected chi connectivity index (χ0v) is 18.8. The Labute approximate surface area is 195 Å². The summed E-state index contributed by atoms with van der Waals surface area (Å²) >= 11 is 0. The number of methoxy groups -OCH3 is 1. The highest BCUT2D eigenvalue weighted by Gasteiger charge is 2.16. The van der Waals surface area contributed by atoms with Crippen LogP contribution in [0.15, 0.2) is 36.7 Å². The van der Waals surface area contributed by atoms with Crippen molar-refractivity contribution in [2.24, 2.45) is 5.73 Å². The topological polar surface area (TPSA) is 115 Å². The maximum Gasteiger partial charge on any atom is 0.230 e. The number of amides is 1. The number of aromatic nitrogens is 2. The number of hydrogen-bond donors (Lipinski definition) is 1. The van der Waals surface area contributed by atoms with Crippen molar-refractivity contribution in [1.29, 1.82) is 0 Å². The lowest BCUT2D eigenvalue weighted by atomic mass is 10.1. The molecular weight excluding hydrogens is 445 g/mol. The van der Waals surface area contributed by atoms with E-state index in [4.69, 9.17) is 29.4 Å². The molecule has 0 radical (unpaired) electrons. The lowest BCUT2D eigenvalue weighted by Crippen LogP contribution is -2.24. The Hall–Kier alpha value is -3.50. The molecule has 1 fully saturated rings. The molecule has 2 N–H and O–H groups in total. The van der Waals surface area contributed by atoms with Crippen molar-refractivity contribution in [2.75, 3.05) is 26.9 Å². The van der Waals surface area contributed by atoms with Gasteiger partial charge in [-0.2, -0.15) is 0 Å². The molecule has 1 aromatic heterocycles. The number of primary amides is 1. The molecule has 2 heterocycles. The molecule has 0 saturated carbocycles. The maximum absolute atomic E-state index is 14.5. The van der Waals surface area contributed by atoms with Crippen LogP contribution < -0.4 is 19.9 Å². The predicted molar refractivity (Wildman–Crippen MR) is 121 cm³/mol. The van der Waals surface area contributed by atoms with E-state index in [1.807, 2.05) is 0 Å². The molecule has 2 aromatic carbocycles. The van der Waals surface area contributed by atoms with E-state index in [2.05, 4.69) is 9.97 Å². The molecule has 0 aliphatic carbocycles. The smallest absolute Gasteiger partial charge is 0.230 e. The lowest BCUT2D eigenvalue weighted by molar-refractivity contribution is -0.165. The van der Waals surface area contributed by atoms with Crippen LogP contribution in [0.3, 0.4) is 0 Å². The first kappa shape index (κ1) is 23.7. The highest BCUT2D eigenvalue weighted by molar-refractivity contribution is 5.87. The van der Waals surface area contributed by atoms with Gasteiger partial charge in [0.1, 0.15) is 12.9 Å². The standard InChI is InChI=1S/C24H26FN3O6/c1-30-20-12-16-18(13-21(20)31-8-9-33-23-4-2-3-7-32-23)27-14-28-24(16)34-19-6-5-15(10-17(19)25)11-22(26)29/h5-6,10,12-14,23H,2-4,7-9,11H2,1H3,(H2,26,29). The van der Waals surface area contributed by atoms with Crippen molar-refractivity contribution >= 4 is 16.8 Å². The van der Waals surface area contributed by atoms with Gasteiger partial charge >= 0.3 is 0 Å². The third kappa shape index (κ3) is 5.89. The molecule has 4 rings (SSSR count). The van der Waals surface area contributed by atoms with Crippen LogP contribution in [0.1, 0.15) is 24.8 Å². The van der Waals surface area contributed by atoms with E-state index in [-0.39, 0.29) is 24.3 Å². The van der Waals surface area contributed by atoms with Gasteiger partial charge in [0.15, 0.2) is 29.4 Å². The quantitative estimate of drug-likeness (QED) is 0.447. The fourth-order valence-electron chi connectivity index (χ4n) is 3.61. The number of nitrogens with zero attached hydrogens (tertiary/aromatic N) is 2. The van der Waals surface area contributed by atoms with Crippen molar-refractivity contribution in [3.8, 4) is 23.1 Å². The minimum atomic E-state index is -0.639. The Kier molecular flexibility index (Phi) is 7.71. The second kappa shape index (κ2) is 11.1. The number of carbonyl (C=O) groups is 1. The van der Waals surface area contributed by atoms with Gasteiger partial charge in [0.25, 0.3) is 0 Å². The van der Waals surface area contributed by atoms with Crippen LogP contribution in [0.2, 0.25) is 0 Å². The minimum absolute atomic E-state index is 0.0467. The van der Waals surface area contributed by atoms with Gasteiger partial charge in [-0.1, -0.05) is 6.07 Å². The molecule has 34 heavy (non-hydrogen) atoms. The maximum atomic E-state index is 14.5. The Morgan fingerprint density at radius 2 is 2.03 bits per heavy atom. The van der Waals surface area contributed by atoms with Crippen molar-refractivity contribution in [3.05, 3.63) is 48.0 Å². The number of ether oxygens (including phenoxy) is 5. The van der Waals surface area contributed by atoms with Gasteiger partial charge in [-0.15, -0.1) is 0 Å². The Morgan fingerprint density at radius 1 is 1.15 bits per heavy atom. The van der Waals surface area contributed by atoms with Gasteiger partial charge in [-0.25, -0.2) is 14.4 Å². The molecule has 1 aliphatic rings. The minimum Gasteiger partial charge on any atom is -0.493 e. The second-order valence-electron chi connectivity index (χ2n) is 7.72. The van der Waals surface area contributed by atoms with Crippen LogP contribution in [-0.2, 0) is 20.7 Å². The second-order valence-corrected chi connectivity index (χ2v) is 7.72. The van der Waals surface area contributed by atoms with Gasteiger partial charge < -0.3 is 29.4 Å². The number of fused-ring (bicyclic) bond motifs is 1. The van der Waals surface area contributed by atoms with Crippen LogP contribution in [0, 0.1) is 5.82 Å². The summed E-state index contributed by atoms with van der Waals surface area (Å²) in [6, 6.07) is 7.57. The number of carbonyl (C=O) groups excluding carboxylic acids is 1. The van der Waals surface area contributed by atoms with E-state index >= 15 is 0 Å². The van der Waals surface area contributed by atoms with Crippen molar-refractivity contribution < 1.29 is 32.9 Å². The third-order valence-corrected chi connectivity index (χ3v) is 5.25. The van der Waals surface area contributed by atoms with Crippen LogP contribution in [-0.4, -0.2) is 49.1 Å². The molecule has 1 saturated heterocycles. The van der Waals surface area contributed by atoms with Gasteiger partial charge in [-0.05, 0) is 43.0 Å². The number of hydrogen-bond acceptors (Lipinski definition) is 8. The van der Waals surface area contributed by atoms with E-state index in [0.29, 0.717) is 41.2 Å². The van der Waals surface area contributed by atoms with E-state index < -0.39 is 11.7 Å². The summed E-state index contributed by atoms with van der Waals surface area (Å²) < 4.78 is 42.8. The van der Waals surface area contributed by atoms with Gasteiger partial charge in [0, 0.05) is 12.7 Å². The largest absolute Gasteiger partial charge is 0.493 e. The number of nitrogens with two attached hydrogens (primary N) is 1. The third-order valence-electron chi connectivity index (χ3n) is 5.25. The van der Waals surface area contributed by atoms with E-state index in [1.165, 1.54) is 25.6 Å². The van der Waals surface area contributed by atoms with E-state index in [0.717, 1.165) is 25.9 Å². The molecule has 3 aromatic rings. The van der Waals surface area contributed by atoms with Crippen LogP contribution in [0.4, 0.5) is 4.39 Å². The molecule has 10 heteroatoms. The highest BCUT2D eigenvalue weighted by Crippen LogP contribution is 2.36. The molecule has 1 atom stereocenters. The van der Waals surface area contributed by atoms with E-state index in [1.54, 1.807) is 18.2 Å². The molecule has 180 valence electrons. The van der Waals surface area contributed by atoms with Gasteiger partial charge in [0.2, 0.25) is 11.8 Å². The first-order valence-electron chi connectivity index (χ1n) is 11.0. The summed E-state index contributed by atoms with van der Waals surface area (Å²) in [6.07, 6.45) is 4.10. The molecule has 0 spiro atoms. The fraction of sp³-hybridized carbons (Fsp3) is 0.375. The SMILES string of the molecule is COc1cc2c(Oc3ccc(CC(N)=O)cc3F)ncnc2cc1OCCOC1CCCCO1. The first-order chi connectivity index (χ1) is 16.5. The Balaban J connectivity index is 1.48. The molecule has 1 unspecified atom stereocenters. The highest BCUT2D eigenvalue weighted by atomic mass is 19.1. The van der Waals surface area contributed by atoms with Crippen LogP contribution in [0.25, 0.3) is 10.9 Å². The predicted octanol–water partition coefficient (Wildman–Crippen LogP) is 3.52. The zero-order chi connectivity index (χ0) is 23.9. The normalized spacial score (nSPS) is 15.8. The average molecular weight is 471 g/mol. The first-order valence-corrected chi connectivity index (χ1v) is 11.0. The van der Waals surface area contributed by atoms with Gasteiger partial charge in [-0.3, -0.25) is 4.79 Å². The number of rotatable bonds is 10. The number of benzene rings is 2. The van der Waals surface area contributed by atoms with Crippen LogP contribution >= 0.6 is 0 Å². The van der Waals surface area contributed by atoms with E-state index in [9.17, 15) is 9.18 Å². The average Bonchev–Trinajstić information content (AvgIpc) is 2.83. The summed E-state index contributed by atoms with van der Waals surface area (Å²) in [5.74, 6) is -0.162. The molecule has 1 amide bonds. The Morgan fingerprint density at radius 3 is 2.76 bits per heavy atom. The Bertz CT molecular complexity index is 1150. The van der Waals surface area contributed by atoms with Crippen molar-refractivity contribution in [3.63, 3.8) is 0 Å². The summed E-state index contributed by atoms with van der Waals surface area (Å²) in [7, 11) is 1.52. The summed E-state index contributed by atoms with van der Waals surface area (Å²) in [6.45, 7) is 1.39. The fourth-order valence-corrected chi connectivity index (χ4v) is 3.61. The van der Waals surface area contributed by atoms with Crippen LogP contribution in [0.5, 0.6) is 23.1 Å². The number of halogens is 1. The summed E-state index contributed by atoms with van der Waals surface area (Å²) in [5.41, 5.74) is 6.15. The monoisotopic (exact) mass is 471 g/mol.